The van der Waals surface area contributed by atoms with Crippen molar-refractivity contribution in [1.82, 2.24) is 0 Å². The van der Waals surface area contributed by atoms with Crippen molar-refractivity contribution < 1.29 is 10.0 Å². The highest BCUT2D eigenvalue weighted by molar-refractivity contribution is 5.65. The number of hydrogen-bond acceptors (Lipinski definition) is 3. The Morgan fingerprint density at radius 1 is 1.54 bits per heavy atom. The highest BCUT2D eigenvalue weighted by Crippen LogP contribution is 2.29. The number of hydrogen-bond donors (Lipinski definition) is 1. The SMILES string of the molecule is CC=Cc1cccc(O)c1[N+](=O)[O-]. The van der Waals surface area contributed by atoms with Crippen LogP contribution in [0.5, 0.6) is 5.75 Å². The van der Waals surface area contributed by atoms with Crippen molar-refractivity contribution in [2.24, 2.45) is 0 Å². The zero-order valence-corrected chi connectivity index (χ0v) is 7.10. The number of nitro groups is 1. The monoisotopic (exact) mass is 179 g/mol. The van der Waals surface area contributed by atoms with E-state index in [2.05, 4.69) is 0 Å². The molecule has 0 aliphatic heterocycles. The van der Waals surface area contributed by atoms with E-state index in [1.54, 1.807) is 31.2 Å². The van der Waals surface area contributed by atoms with Crippen molar-refractivity contribution in [2.45, 2.75) is 6.92 Å². The predicted molar refractivity (Wildman–Crippen MR) is 49.5 cm³/mol. The van der Waals surface area contributed by atoms with Crippen molar-refractivity contribution in [3.8, 4) is 5.75 Å². The smallest absolute Gasteiger partial charge is 0.317 e. The summed E-state index contributed by atoms with van der Waals surface area (Å²) in [7, 11) is 0. The van der Waals surface area contributed by atoms with Gasteiger partial charge in [-0.05, 0) is 19.1 Å². The summed E-state index contributed by atoms with van der Waals surface area (Å²) >= 11 is 0. The van der Waals surface area contributed by atoms with Gasteiger partial charge in [-0.2, -0.15) is 0 Å². The number of benzene rings is 1. The van der Waals surface area contributed by atoms with Gasteiger partial charge in [0.1, 0.15) is 0 Å². The van der Waals surface area contributed by atoms with Gasteiger partial charge in [-0.25, -0.2) is 0 Å². The lowest BCUT2D eigenvalue weighted by molar-refractivity contribution is -0.386. The highest BCUT2D eigenvalue weighted by atomic mass is 16.6. The molecule has 0 aromatic heterocycles. The van der Waals surface area contributed by atoms with Gasteiger partial charge in [0.15, 0.2) is 5.75 Å². The molecule has 4 nitrogen and oxygen atoms in total. The van der Waals surface area contributed by atoms with Gasteiger partial charge in [0.2, 0.25) is 0 Å². The van der Waals surface area contributed by atoms with Crippen molar-refractivity contribution in [1.29, 1.82) is 0 Å². The van der Waals surface area contributed by atoms with E-state index < -0.39 is 4.92 Å². The molecule has 0 unspecified atom stereocenters. The first-order valence-electron chi connectivity index (χ1n) is 3.76. The average molecular weight is 179 g/mol. The normalized spacial score (nSPS) is 10.5. The molecule has 0 amide bonds. The molecular formula is C9H9NO3. The van der Waals surface area contributed by atoms with Crippen LogP contribution in [0.1, 0.15) is 12.5 Å². The minimum atomic E-state index is -0.593. The van der Waals surface area contributed by atoms with E-state index in [0.29, 0.717) is 5.56 Å². The molecule has 0 atom stereocenters. The summed E-state index contributed by atoms with van der Waals surface area (Å²) < 4.78 is 0. The maximum Gasteiger partial charge on any atom is 0.317 e. The number of allylic oxidation sites excluding steroid dienone is 1. The molecule has 4 heteroatoms. The average Bonchev–Trinajstić information content (AvgIpc) is 2.04. The van der Waals surface area contributed by atoms with Gasteiger partial charge in [0, 0.05) is 0 Å². The molecule has 0 spiro atoms. The van der Waals surface area contributed by atoms with Gasteiger partial charge in [-0.1, -0.05) is 18.2 Å². The third kappa shape index (κ3) is 1.84. The van der Waals surface area contributed by atoms with Crippen LogP contribution in [0.25, 0.3) is 6.08 Å². The number of phenolic OH excluding ortho intramolecular Hbond substituents is 1. The highest BCUT2D eigenvalue weighted by Gasteiger charge is 2.16. The maximum atomic E-state index is 10.5. The summed E-state index contributed by atoms with van der Waals surface area (Å²) in [6.07, 6.45) is 3.26. The van der Waals surface area contributed by atoms with Crippen LogP contribution in [0.4, 0.5) is 5.69 Å². The molecule has 13 heavy (non-hydrogen) atoms. The Bertz CT molecular complexity index is 358. The van der Waals surface area contributed by atoms with Crippen molar-refractivity contribution in [2.75, 3.05) is 0 Å². The first-order chi connectivity index (χ1) is 6.16. The molecule has 1 N–H and O–H groups in total. The molecule has 0 heterocycles. The molecule has 68 valence electrons. The number of para-hydroxylation sites is 1. The maximum absolute atomic E-state index is 10.5. The van der Waals surface area contributed by atoms with E-state index in [1.165, 1.54) is 6.07 Å². The van der Waals surface area contributed by atoms with E-state index in [1.807, 2.05) is 0 Å². The second kappa shape index (κ2) is 3.71. The first-order valence-corrected chi connectivity index (χ1v) is 3.76. The fourth-order valence-electron chi connectivity index (χ4n) is 1.06. The number of rotatable bonds is 2. The quantitative estimate of drug-likeness (QED) is 0.559. The minimum absolute atomic E-state index is 0.249. The lowest BCUT2D eigenvalue weighted by atomic mass is 10.1. The zero-order chi connectivity index (χ0) is 9.84. The zero-order valence-electron chi connectivity index (χ0n) is 7.10. The predicted octanol–water partition coefficient (Wildman–Crippen LogP) is 2.33. The Labute approximate surface area is 75.3 Å². The molecule has 0 bridgehead atoms. The topological polar surface area (TPSA) is 63.4 Å². The fourth-order valence-corrected chi connectivity index (χ4v) is 1.06. The van der Waals surface area contributed by atoms with Crippen molar-refractivity contribution in [3.63, 3.8) is 0 Å². The van der Waals surface area contributed by atoms with Gasteiger partial charge in [-0.15, -0.1) is 0 Å². The van der Waals surface area contributed by atoms with Gasteiger partial charge in [0.25, 0.3) is 0 Å². The van der Waals surface area contributed by atoms with Crippen LogP contribution in [0.3, 0.4) is 0 Å². The molecule has 0 radical (unpaired) electrons. The minimum Gasteiger partial charge on any atom is -0.502 e. The van der Waals surface area contributed by atoms with E-state index in [9.17, 15) is 15.2 Å². The molecule has 0 aliphatic rings. The van der Waals surface area contributed by atoms with Crippen LogP contribution >= 0.6 is 0 Å². The second-order valence-electron chi connectivity index (χ2n) is 2.47. The van der Waals surface area contributed by atoms with Gasteiger partial charge < -0.3 is 5.11 Å². The molecule has 0 fully saturated rings. The second-order valence-corrected chi connectivity index (χ2v) is 2.47. The van der Waals surface area contributed by atoms with Gasteiger partial charge in [-0.3, -0.25) is 10.1 Å². The van der Waals surface area contributed by atoms with Crippen LogP contribution in [0.15, 0.2) is 24.3 Å². The van der Waals surface area contributed by atoms with E-state index in [-0.39, 0.29) is 11.4 Å². The summed E-state index contributed by atoms with van der Waals surface area (Å²) in [5.74, 6) is -0.305. The molecule has 1 aromatic carbocycles. The largest absolute Gasteiger partial charge is 0.502 e. The molecule has 0 saturated heterocycles. The van der Waals surface area contributed by atoms with Gasteiger partial charge >= 0.3 is 5.69 Å². The van der Waals surface area contributed by atoms with E-state index in [0.717, 1.165) is 0 Å². The number of aromatic hydroxyl groups is 1. The fraction of sp³-hybridized carbons (Fsp3) is 0.111. The summed E-state index contributed by atoms with van der Waals surface area (Å²) in [6.45, 7) is 1.76. The Kier molecular flexibility index (Phi) is 2.64. The van der Waals surface area contributed by atoms with Crippen LogP contribution in [0, 0.1) is 10.1 Å². The lowest BCUT2D eigenvalue weighted by Crippen LogP contribution is -1.91. The molecule has 1 aromatic rings. The number of phenols is 1. The Hall–Kier alpha value is -1.84. The van der Waals surface area contributed by atoms with E-state index >= 15 is 0 Å². The standard InChI is InChI=1S/C9H9NO3/c1-2-4-7-5-3-6-8(11)9(7)10(12)13/h2-6,11H,1H3. The Morgan fingerprint density at radius 2 is 2.23 bits per heavy atom. The summed E-state index contributed by atoms with van der Waals surface area (Å²) in [5.41, 5.74) is 0.160. The number of nitro benzene ring substituents is 1. The molecule has 0 aliphatic carbocycles. The molecule has 0 saturated carbocycles. The van der Waals surface area contributed by atoms with Crippen LogP contribution in [-0.4, -0.2) is 10.0 Å². The van der Waals surface area contributed by atoms with Crippen LogP contribution in [-0.2, 0) is 0 Å². The van der Waals surface area contributed by atoms with Gasteiger partial charge in [0.05, 0.1) is 10.5 Å². The van der Waals surface area contributed by atoms with Crippen LogP contribution < -0.4 is 0 Å². The number of nitrogens with zero attached hydrogens (tertiary/aromatic N) is 1. The first kappa shape index (κ1) is 9.25. The summed E-state index contributed by atoms with van der Waals surface area (Å²) in [5, 5.41) is 19.7. The summed E-state index contributed by atoms with van der Waals surface area (Å²) in [6, 6.07) is 4.45. The van der Waals surface area contributed by atoms with Crippen molar-refractivity contribution in [3.05, 3.63) is 40.0 Å². The van der Waals surface area contributed by atoms with Crippen LogP contribution in [0.2, 0.25) is 0 Å². The van der Waals surface area contributed by atoms with Crippen molar-refractivity contribution >= 4 is 11.8 Å². The lowest BCUT2D eigenvalue weighted by Gasteiger charge is -1.98. The molecule has 1 rings (SSSR count). The molecular weight excluding hydrogens is 170 g/mol. The third-order valence-electron chi connectivity index (χ3n) is 1.57. The summed E-state index contributed by atoms with van der Waals surface area (Å²) in [4.78, 5) is 9.94. The Morgan fingerprint density at radius 3 is 2.77 bits per heavy atom. The Balaban J connectivity index is 3.34. The third-order valence-corrected chi connectivity index (χ3v) is 1.57. The van der Waals surface area contributed by atoms with E-state index in [4.69, 9.17) is 0 Å².